The second-order valence-electron chi connectivity index (χ2n) is 6.10. The van der Waals surface area contributed by atoms with Crippen LogP contribution in [0.3, 0.4) is 0 Å². The summed E-state index contributed by atoms with van der Waals surface area (Å²) in [5, 5.41) is 9.38. The number of ether oxygens (including phenoxy) is 1. The molecule has 2 aromatic rings. The van der Waals surface area contributed by atoms with Crippen LogP contribution in [0.1, 0.15) is 25.0 Å². The Morgan fingerprint density at radius 3 is 2.21 bits per heavy atom. The van der Waals surface area contributed by atoms with Gasteiger partial charge in [-0.3, -0.25) is 4.79 Å². The van der Waals surface area contributed by atoms with E-state index in [0.717, 1.165) is 42.5 Å². The van der Waals surface area contributed by atoms with E-state index in [-0.39, 0.29) is 29.9 Å². The first-order valence-corrected chi connectivity index (χ1v) is 9.12. The molecule has 28 heavy (non-hydrogen) atoms. The Hall–Kier alpha value is -2.29. The molecule has 152 valence electrons. The van der Waals surface area contributed by atoms with Gasteiger partial charge in [0.2, 0.25) is 5.91 Å². The quantitative estimate of drug-likeness (QED) is 0.297. The van der Waals surface area contributed by atoms with E-state index in [9.17, 15) is 4.79 Å². The van der Waals surface area contributed by atoms with Crippen molar-refractivity contribution in [3.05, 3.63) is 59.7 Å². The van der Waals surface area contributed by atoms with E-state index < -0.39 is 0 Å². The lowest BCUT2D eigenvalue weighted by Gasteiger charge is -2.12. The highest BCUT2D eigenvalue weighted by Crippen LogP contribution is 2.12. The largest absolute Gasteiger partial charge is 0.497 e. The Morgan fingerprint density at radius 1 is 1.00 bits per heavy atom. The maximum Gasteiger partial charge on any atom is 0.221 e. The molecule has 0 aliphatic rings. The maximum absolute atomic E-state index is 11.1. The molecular formula is C21H29IN4O2. The van der Waals surface area contributed by atoms with Crippen molar-refractivity contribution in [3.63, 3.8) is 0 Å². The number of guanidine groups is 1. The van der Waals surface area contributed by atoms with Gasteiger partial charge in [-0.15, -0.1) is 24.0 Å². The highest BCUT2D eigenvalue weighted by Gasteiger charge is 2.00. The molecule has 0 atom stereocenters. The highest BCUT2D eigenvalue weighted by molar-refractivity contribution is 14.0. The average molecular weight is 496 g/mol. The molecular weight excluding hydrogens is 467 g/mol. The summed E-state index contributed by atoms with van der Waals surface area (Å²) >= 11 is 0. The molecule has 1 amide bonds. The summed E-state index contributed by atoms with van der Waals surface area (Å²) in [4.78, 5) is 15.7. The molecule has 0 aromatic heterocycles. The summed E-state index contributed by atoms with van der Waals surface area (Å²) < 4.78 is 5.17. The molecule has 2 rings (SSSR count). The number of benzene rings is 2. The van der Waals surface area contributed by atoms with Gasteiger partial charge in [0.15, 0.2) is 5.96 Å². The fourth-order valence-corrected chi connectivity index (χ4v) is 2.53. The van der Waals surface area contributed by atoms with Crippen LogP contribution in [0.25, 0.3) is 0 Å². The summed E-state index contributed by atoms with van der Waals surface area (Å²) in [6.07, 6.45) is 0.868. The van der Waals surface area contributed by atoms with E-state index in [1.165, 1.54) is 12.5 Å². The molecule has 0 radical (unpaired) electrons. The molecule has 0 bridgehead atoms. The number of methoxy groups -OCH3 is 1. The highest BCUT2D eigenvalue weighted by atomic mass is 127. The SMILES string of the molecule is CCNC(=NCc1ccc(OC)cc1)NCCc1ccc(NC(C)=O)cc1.I. The third-order valence-electron chi connectivity index (χ3n) is 3.90. The van der Waals surface area contributed by atoms with E-state index in [1.54, 1.807) is 7.11 Å². The molecule has 0 aliphatic carbocycles. The number of rotatable bonds is 8. The predicted octanol–water partition coefficient (Wildman–Crippen LogP) is 3.57. The number of carbonyl (C=O) groups is 1. The average Bonchev–Trinajstić information content (AvgIpc) is 2.67. The smallest absolute Gasteiger partial charge is 0.221 e. The van der Waals surface area contributed by atoms with Crippen LogP contribution in [0.4, 0.5) is 5.69 Å². The zero-order valence-corrected chi connectivity index (χ0v) is 18.9. The first-order chi connectivity index (χ1) is 13.1. The van der Waals surface area contributed by atoms with Crippen molar-refractivity contribution < 1.29 is 9.53 Å². The van der Waals surface area contributed by atoms with Crippen molar-refractivity contribution in [1.29, 1.82) is 0 Å². The van der Waals surface area contributed by atoms with Crippen molar-refractivity contribution >= 4 is 41.5 Å². The lowest BCUT2D eigenvalue weighted by atomic mass is 10.1. The topological polar surface area (TPSA) is 74.8 Å². The lowest BCUT2D eigenvalue weighted by Crippen LogP contribution is -2.38. The van der Waals surface area contributed by atoms with Gasteiger partial charge in [-0.2, -0.15) is 0 Å². The molecule has 0 unspecified atom stereocenters. The zero-order valence-electron chi connectivity index (χ0n) is 16.6. The maximum atomic E-state index is 11.1. The van der Waals surface area contributed by atoms with Gasteiger partial charge in [-0.25, -0.2) is 4.99 Å². The van der Waals surface area contributed by atoms with Crippen molar-refractivity contribution in [3.8, 4) is 5.75 Å². The van der Waals surface area contributed by atoms with Crippen molar-refractivity contribution in [1.82, 2.24) is 10.6 Å². The van der Waals surface area contributed by atoms with Gasteiger partial charge in [0.05, 0.1) is 13.7 Å². The van der Waals surface area contributed by atoms with Crippen molar-refractivity contribution in [2.45, 2.75) is 26.8 Å². The Kier molecular flexibility index (Phi) is 11.0. The summed E-state index contributed by atoms with van der Waals surface area (Å²) in [5.41, 5.74) is 3.14. The van der Waals surface area contributed by atoms with Gasteiger partial charge < -0.3 is 20.7 Å². The minimum absolute atomic E-state index is 0. The number of carbonyl (C=O) groups excluding carboxylic acids is 1. The number of amides is 1. The molecule has 0 heterocycles. The number of nitrogens with zero attached hydrogens (tertiary/aromatic N) is 1. The Bertz CT molecular complexity index is 746. The normalized spacial score (nSPS) is 10.6. The third-order valence-corrected chi connectivity index (χ3v) is 3.90. The van der Waals surface area contributed by atoms with Gasteiger partial charge in [0.25, 0.3) is 0 Å². The third kappa shape index (κ3) is 8.60. The fourth-order valence-electron chi connectivity index (χ4n) is 2.53. The molecule has 0 saturated heterocycles. The summed E-state index contributed by atoms with van der Waals surface area (Å²) in [7, 11) is 1.66. The Balaban J connectivity index is 0.00000392. The first-order valence-electron chi connectivity index (χ1n) is 9.12. The number of nitrogens with one attached hydrogen (secondary N) is 3. The zero-order chi connectivity index (χ0) is 19.5. The van der Waals surface area contributed by atoms with E-state index in [1.807, 2.05) is 55.5 Å². The van der Waals surface area contributed by atoms with E-state index in [4.69, 9.17) is 4.74 Å². The second-order valence-corrected chi connectivity index (χ2v) is 6.10. The second kappa shape index (κ2) is 13.0. The minimum atomic E-state index is -0.0622. The number of hydrogen-bond donors (Lipinski definition) is 3. The van der Waals surface area contributed by atoms with Crippen LogP contribution in [-0.2, 0) is 17.8 Å². The van der Waals surface area contributed by atoms with Gasteiger partial charge in [0, 0.05) is 25.7 Å². The summed E-state index contributed by atoms with van der Waals surface area (Å²) in [5.74, 6) is 1.58. The van der Waals surface area contributed by atoms with Crippen LogP contribution in [0, 0.1) is 0 Å². The van der Waals surface area contributed by atoms with E-state index >= 15 is 0 Å². The lowest BCUT2D eigenvalue weighted by molar-refractivity contribution is -0.114. The van der Waals surface area contributed by atoms with Crippen LogP contribution in [0.5, 0.6) is 5.75 Å². The molecule has 0 fully saturated rings. The molecule has 3 N–H and O–H groups in total. The van der Waals surface area contributed by atoms with Gasteiger partial charge in [-0.1, -0.05) is 24.3 Å². The van der Waals surface area contributed by atoms with Gasteiger partial charge in [0.1, 0.15) is 5.75 Å². The van der Waals surface area contributed by atoms with Crippen molar-refractivity contribution in [2.24, 2.45) is 4.99 Å². The predicted molar refractivity (Wildman–Crippen MR) is 126 cm³/mol. The monoisotopic (exact) mass is 496 g/mol. The van der Waals surface area contributed by atoms with Crippen LogP contribution in [-0.4, -0.2) is 32.1 Å². The summed E-state index contributed by atoms with van der Waals surface area (Å²) in [6.45, 7) is 5.73. The van der Waals surface area contributed by atoms with Gasteiger partial charge >= 0.3 is 0 Å². The number of hydrogen-bond acceptors (Lipinski definition) is 3. The summed E-state index contributed by atoms with van der Waals surface area (Å²) in [6, 6.07) is 15.8. The van der Waals surface area contributed by atoms with Crippen LogP contribution < -0.4 is 20.7 Å². The van der Waals surface area contributed by atoms with E-state index in [2.05, 4.69) is 20.9 Å². The van der Waals surface area contributed by atoms with Crippen molar-refractivity contribution in [2.75, 3.05) is 25.5 Å². The van der Waals surface area contributed by atoms with E-state index in [0.29, 0.717) is 6.54 Å². The first kappa shape index (κ1) is 23.7. The van der Waals surface area contributed by atoms with Crippen LogP contribution in [0.15, 0.2) is 53.5 Å². The molecule has 7 heteroatoms. The molecule has 2 aromatic carbocycles. The van der Waals surface area contributed by atoms with Gasteiger partial charge in [-0.05, 0) is 48.7 Å². The number of aliphatic imine (C=N–C) groups is 1. The fraction of sp³-hybridized carbons (Fsp3) is 0.333. The standard InChI is InChI=1S/C21H28N4O2.HI/c1-4-22-21(24-15-18-7-11-20(27-3)12-8-18)23-14-13-17-5-9-19(10-6-17)25-16(2)26;/h5-12H,4,13-15H2,1-3H3,(H,25,26)(H2,22,23,24);1H. The minimum Gasteiger partial charge on any atom is -0.497 e. The molecule has 0 aliphatic heterocycles. The number of halogens is 1. The Morgan fingerprint density at radius 2 is 1.64 bits per heavy atom. The van der Waals surface area contributed by atoms with Crippen LogP contribution >= 0.6 is 24.0 Å². The molecule has 0 spiro atoms. The Labute approximate surface area is 184 Å². The molecule has 6 nitrogen and oxygen atoms in total. The number of anilines is 1. The molecule has 0 saturated carbocycles. The van der Waals surface area contributed by atoms with Crippen LogP contribution in [0.2, 0.25) is 0 Å².